The molecule has 3 nitrogen and oxygen atoms in total. The first-order valence-electron chi connectivity index (χ1n) is 5.53. The molecule has 1 heterocycles. The number of ether oxygens (including phenoxy) is 1. The molecule has 96 valence electrons. The van der Waals surface area contributed by atoms with Gasteiger partial charge in [-0.05, 0) is 40.5 Å². The molecular formula is C13H14BrFN2O. The van der Waals surface area contributed by atoms with Crippen LogP contribution in [0, 0.1) is 12.7 Å². The first-order valence-corrected chi connectivity index (χ1v) is 6.32. The van der Waals surface area contributed by atoms with Gasteiger partial charge in [0, 0.05) is 25.2 Å². The zero-order chi connectivity index (χ0) is 13.3. The van der Waals surface area contributed by atoms with Gasteiger partial charge in [-0.1, -0.05) is 0 Å². The van der Waals surface area contributed by atoms with Crippen LogP contribution < -0.4 is 5.32 Å². The summed E-state index contributed by atoms with van der Waals surface area (Å²) in [7, 11) is 3.43. The lowest BCUT2D eigenvalue weighted by atomic mass is 10.1. The number of aryl methyl sites for hydroxylation is 1. The summed E-state index contributed by atoms with van der Waals surface area (Å²) in [5.74, 6) is -0.280. The second-order valence-electron chi connectivity index (χ2n) is 4.06. The zero-order valence-electron chi connectivity index (χ0n) is 10.5. The number of nitrogens with zero attached hydrogens (tertiary/aromatic N) is 1. The van der Waals surface area contributed by atoms with E-state index in [1.165, 1.54) is 6.07 Å². The van der Waals surface area contributed by atoms with Gasteiger partial charge in [-0.2, -0.15) is 0 Å². The Labute approximate surface area is 113 Å². The predicted molar refractivity (Wildman–Crippen MR) is 74.4 cm³/mol. The van der Waals surface area contributed by atoms with Crippen LogP contribution in [-0.4, -0.2) is 19.1 Å². The summed E-state index contributed by atoms with van der Waals surface area (Å²) >= 11 is 3.28. The number of nitrogens with one attached hydrogen (secondary N) is 1. The summed E-state index contributed by atoms with van der Waals surface area (Å²) in [6.07, 6.45) is 0. The lowest BCUT2D eigenvalue weighted by Gasteiger charge is -2.12. The molecule has 0 amide bonds. The molecule has 0 aliphatic heterocycles. The molecule has 5 heteroatoms. The van der Waals surface area contributed by atoms with Crippen LogP contribution in [0.2, 0.25) is 0 Å². The van der Waals surface area contributed by atoms with Crippen LogP contribution in [0.15, 0.2) is 16.6 Å². The molecule has 0 bridgehead atoms. The third-order valence-corrected chi connectivity index (χ3v) is 3.56. The maximum Gasteiger partial charge on any atom is 0.138 e. The summed E-state index contributed by atoms with van der Waals surface area (Å²) in [6, 6.07) is 3.35. The van der Waals surface area contributed by atoms with Crippen LogP contribution in [0.4, 0.5) is 10.1 Å². The van der Waals surface area contributed by atoms with Crippen molar-refractivity contribution in [2.45, 2.75) is 13.5 Å². The van der Waals surface area contributed by atoms with Crippen molar-refractivity contribution >= 4 is 32.5 Å². The largest absolute Gasteiger partial charge is 0.387 e. The summed E-state index contributed by atoms with van der Waals surface area (Å²) in [6.45, 7) is 2.28. The number of pyridine rings is 1. The van der Waals surface area contributed by atoms with E-state index in [1.807, 2.05) is 13.0 Å². The fourth-order valence-corrected chi connectivity index (χ4v) is 2.48. The molecule has 0 aliphatic rings. The van der Waals surface area contributed by atoms with E-state index in [4.69, 9.17) is 4.74 Å². The number of fused-ring (bicyclic) bond motifs is 1. The number of hydrogen-bond acceptors (Lipinski definition) is 3. The molecule has 0 saturated carbocycles. The number of benzene rings is 1. The standard InChI is InChI=1S/C13H14BrFN2O/c1-7-4-9(15)12(14)11-10(16-2)5-8(6-18-3)17-13(7)11/h4-5H,6H2,1-3H3,(H,16,17). The van der Waals surface area contributed by atoms with Gasteiger partial charge in [-0.3, -0.25) is 0 Å². The molecule has 0 aliphatic carbocycles. The summed E-state index contributed by atoms with van der Waals surface area (Å²) in [5.41, 5.74) is 3.24. The second-order valence-corrected chi connectivity index (χ2v) is 4.85. The van der Waals surface area contributed by atoms with Crippen molar-refractivity contribution in [3.05, 3.63) is 33.7 Å². The number of aromatic nitrogens is 1. The molecular weight excluding hydrogens is 299 g/mol. The third kappa shape index (κ3) is 2.20. The highest BCUT2D eigenvalue weighted by atomic mass is 79.9. The average molecular weight is 313 g/mol. The molecule has 0 radical (unpaired) electrons. The second kappa shape index (κ2) is 5.20. The highest BCUT2D eigenvalue weighted by molar-refractivity contribution is 9.10. The number of anilines is 1. The van der Waals surface area contributed by atoms with E-state index < -0.39 is 0 Å². The minimum atomic E-state index is -0.280. The Balaban J connectivity index is 2.82. The van der Waals surface area contributed by atoms with Gasteiger partial charge in [0.15, 0.2) is 0 Å². The first-order chi connectivity index (χ1) is 8.58. The number of halogens is 2. The van der Waals surface area contributed by atoms with E-state index >= 15 is 0 Å². The highest BCUT2D eigenvalue weighted by Gasteiger charge is 2.14. The van der Waals surface area contributed by atoms with Gasteiger partial charge in [-0.25, -0.2) is 9.37 Å². The van der Waals surface area contributed by atoms with Crippen LogP contribution in [-0.2, 0) is 11.3 Å². The Morgan fingerprint density at radius 2 is 2.17 bits per heavy atom. The molecule has 1 N–H and O–H groups in total. The van der Waals surface area contributed by atoms with E-state index in [0.29, 0.717) is 11.1 Å². The van der Waals surface area contributed by atoms with Crippen LogP contribution in [0.3, 0.4) is 0 Å². The number of rotatable bonds is 3. The SMILES string of the molecule is CNc1cc(COC)nc2c(C)cc(F)c(Br)c12. The maximum absolute atomic E-state index is 13.7. The first kappa shape index (κ1) is 13.2. The van der Waals surface area contributed by atoms with Crippen molar-refractivity contribution < 1.29 is 9.13 Å². The summed E-state index contributed by atoms with van der Waals surface area (Å²) in [4.78, 5) is 4.51. The monoisotopic (exact) mass is 312 g/mol. The van der Waals surface area contributed by atoms with Gasteiger partial charge in [0.05, 0.1) is 22.3 Å². The Morgan fingerprint density at radius 3 is 2.78 bits per heavy atom. The third-order valence-electron chi connectivity index (χ3n) is 2.78. The Morgan fingerprint density at radius 1 is 1.44 bits per heavy atom. The molecule has 0 fully saturated rings. The number of hydrogen-bond donors (Lipinski definition) is 1. The fraction of sp³-hybridized carbons (Fsp3) is 0.308. The minimum Gasteiger partial charge on any atom is -0.387 e. The molecule has 0 unspecified atom stereocenters. The summed E-state index contributed by atoms with van der Waals surface area (Å²) < 4.78 is 19.3. The lowest BCUT2D eigenvalue weighted by Crippen LogP contribution is -2.00. The van der Waals surface area contributed by atoms with Crippen molar-refractivity contribution in [3.8, 4) is 0 Å². The summed E-state index contributed by atoms with van der Waals surface area (Å²) in [5, 5.41) is 3.83. The molecule has 0 spiro atoms. The van der Waals surface area contributed by atoms with Crippen molar-refractivity contribution in [2.24, 2.45) is 0 Å². The van der Waals surface area contributed by atoms with Gasteiger partial charge in [0.2, 0.25) is 0 Å². The molecule has 1 aromatic heterocycles. The maximum atomic E-state index is 13.7. The molecule has 2 aromatic rings. The predicted octanol–water partition coefficient (Wildman–Crippen LogP) is 3.63. The highest BCUT2D eigenvalue weighted by Crippen LogP contribution is 2.34. The zero-order valence-corrected chi connectivity index (χ0v) is 12.1. The van der Waals surface area contributed by atoms with Gasteiger partial charge in [0.1, 0.15) is 5.82 Å². The van der Waals surface area contributed by atoms with Crippen molar-refractivity contribution in [3.63, 3.8) is 0 Å². The minimum absolute atomic E-state index is 0.280. The topological polar surface area (TPSA) is 34.1 Å². The van der Waals surface area contributed by atoms with Crippen LogP contribution in [0.25, 0.3) is 10.9 Å². The van der Waals surface area contributed by atoms with E-state index in [9.17, 15) is 4.39 Å². The molecule has 0 atom stereocenters. The van der Waals surface area contributed by atoms with Crippen LogP contribution >= 0.6 is 15.9 Å². The van der Waals surface area contributed by atoms with Gasteiger partial charge in [0.25, 0.3) is 0 Å². The van der Waals surface area contributed by atoms with Gasteiger partial charge >= 0.3 is 0 Å². The molecule has 0 saturated heterocycles. The Hall–Kier alpha value is -1.20. The molecule has 2 rings (SSSR count). The van der Waals surface area contributed by atoms with E-state index in [2.05, 4.69) is 26.2 Å². The Bertz CT molecular complexity index is 601. The van der Waals surface area contributed by atoms with Crippen molar-refractivity contribution in [1.29, 1.82) is 0 Å². The molecule has 1 aromatic carbocycles. The number of methoxy groups -OCH3 is 1. The smallest absolute Gasteiger partial charge is 0.138 e. The Kier molecular flexibility index (Phi) is 3.82. The van der Waals surface area contributed by atoms with Crippen LogP contribution in [0.1, 0.15) is 11.3 Å². The normalized spacial score (nSPS) is 10.9. The lowest BCUT2D eigenvalue weighted by molar-refractivity contribution is 0.182. The molecule has 18 heavy (non-hydrogen) atoms. The van der Waals surface area contributed by atoms with Gasteiger partial charge in [-0.15, -0.1) is 0 Å². The van der Waals surface area contributed by atoms with Crippen molar-refractivity contribution in [2.75, 3.05) is 19.5 Å². The quantitative estimate of drug-likeness (QED) is 0.939. The van der Waals surface area contributed by atoms with E-state index in [0.717, 1.165) is 27.8 Å². The van der Waals surface area contributed by atoms with E-state index in [1.54, 1.807) is 14.2 Å². The van der Waals surface area contributed by atoms with Crippen LogP contribution in [0.5, 0.6) is 0 Å². The van der Waals surface area contributed by atoms with Crippen molar-refractivity contribution in [1.82, 2.24) is 4.98 Å². The average Bonchev–Trinajstić information content (AvgIpc) is 2.35. The fourth-order valence-electron chi connectivity index (χ4n) is 1.97. The van der Waals surface area contributed by atoms with Gasteiger partial charge < -0.3 is 10.1 Å². The van der Waals surface area contributed by atoms with E-state index in [-0.39, 0.29) is 5.82 Å².